The number of benzene rings is 1. The van der Waals surface area contributed by atoms with E-state index in [1.165, 1.54) is 6.07 Å². The molecule has 0 bridgehead atoms. The van der Waals surface area contributed by atoms with Gasteiger partial charge in [-0.05, 0) is 43.9 Å². The van der Waals surface area contributed by atoms with Crippen molar-refractivity contribution in [2.45, 2.75) is 52.1 Å². The molecule has 1 amide bonds. The summed E-state index contributed by atoms with van der Waals surface area (Å²) in [5.74, 6) is -0.629. The highest BCUT2D eigenvalue weighted by Crippen LogP contribution is 2.19. The molecule has 4 nitrogen and oxygen atoms in total. The van der Waals surface area contributed by atoms with Crippen LogP contribution < -0.4 is 15.8 Å². The van der Waals surface area contributed by atoms with E-state index in [1.54, 1.807) is 12.1 Å². The van der Waals surface area contributed by atoms with Crippen molar-refractivity contribution >= 4 is 5.91 Å². The summed E-state index contributed by atoms with van der Waals surface area (Å²) >= 11 is 0. The van der Waals surface area contributed by atoms with Gasteiger partial charge in [0.15, 0.2) is 18.2 Å². The summed E-state index contributed by atoms with van der Waals surface area (Å²) < 4.78 is 19.1. The van der Waals surface area contributed by atoms with E-state index in [0.29, 0.717) is 6.42 Å². The molecule has 0 spiro atoms. The largest absolute Gasteiger partial charge is 0.481 e. The van der Waals surface area contributed by atoms with E-state index >= 15 is 0 Å². The van der Waals surface area contributed by atoms with E-state index < -0.39 is 5.82 Å². The van der Waals surface area contributed by atoms with E-state index in [2.05, 4.69) is 5.32 Å². The predicted molar refractivity (Wildman–Crippen MR) is 81.8 cm³/mol. The van der Waals surface area contributed by atoms with Gasteiger partial charge in [0.1, 0.15) is 0 Å². The van der Waals surface area contributed by atoms with Gasteiger partial charge in [0.05, 0.1) is 0 Å². The monoisotopic (exact) mass is 296 g/mol. The molecule has 2 unspecified atom stereocenters. The fourth-order valence-corrected chi connectivity index (χ4v) is 1.80. The van der Waals surface area contributed by atoms with Crippen molar-refractivity contribution in [1.82, 2.24) is 5.32 Å². The molecule has 5 heteroatoms. The lowest BCUT2D eigenvalue weighted by Crippen LogP contribution is -2.35. The molecule has 1 aromatic carbocycles. The topological polar surface area (TPSA) is 64.3 Å². The van der Waals surface area contributed by atoms with Crippen LogP contribution >= 0.6 is 0 Å². The Morgan fingerprint density at radius 1 is 1.38 bits per heavy atom. The molecule has 0 saturated carbocycles. The predicted octanol–water partition coefficient (Wildman–Crippen LogP) is 2.40. The molecule has 1 rings (SSSR count). The maximum atomic E-state index is 13.9. The minimum absolute atomic E-state index is 0.0254. The van der Waals surface area contributed by atoms with E-state index in [1.807, 2.05) is 20.8 Å². The van der Waals surface area contributed by atoms with Gasteiger partial charge in [-0.15, -0.1) is 0 Å². The number of ether oxygens (including phenoxy) is 1. The molecule has 2 atom stereocenters. The molecule has 0 aromatic heterocycles. The third-order valence-corrected chi connectivity index (χ3v) is 3.40. The zero-order valence-electron chi connectivity index (χ0n) is 13.0. The highest BCUT2D eigenvalue weighted by molar-refractivity contribution is 5.77. The van der Waals surface area contributed by atoms with Crippen LogP contribution in [0.4, 0.5) is 4.39 Å². The maximum absolute atomic E-state index is 13.9. The molecule has 0 aliphatic heterocycles. The standard InChI is InChI=1S/C16H25FN2O2/c1-4-11(3)19-16(20)10-21-15-7-6-12(9-14(15)17)8-13(18)5-2/h6-7,9,11,13H,4-5,8,10,18H2,1-3H3,(H,19,20). The van der Waals surface area contributed by atoms with Gasteiger partial charge in [-0.25, -0.2) is 4.39 Å². The Balaban J connectivity index is 2.55. The Morgan fingerprint density at radius 3 is 2.67 bits per heavy atom. The number of nitrogens with two attached hydrogens (primary N) is 1. The van der Waals surface area contributed by atoms with Gasteiger partial charge in [-0.3, -0.25) is 4.79 Å². The number of carbonyl (C=O) groups excluding carboxylic acids is 1. The Hall–Kier alpha value is -1.62. The number of halogens is 1. The second-order valence-corrected chi connectivity index (χ2v) is 5.30. The third-order valence-electron chi connectivity index (χ3n) is 3.40. The van der Waals surface area contributed by atoms with Crippen molar-refractivity contribution in [3.05, 3.63) is 29.6 Å². The quantitative estimate of drug-likeness (QED) is 0.774. The van der Waals surface area contributed by atoms with Crippen LogP contribution in [0.5, 0.6) is 5.75 Å². The first-order valence-corrected chi connectivity index (χ1v) is 7.42. The van der Waals surface area contributed by atoms with Gasteiger partial charge in [-0.2, -0.15) is 0 Å². The molecule has 0 aliphatic carbocycles. The van der Waals surface area contributed by atoms with Crippen molar-refractivity contribution in [3.63, 3.8) is 0 Å². The summed E-state index contributed by atoms with van der Waals surface area (Å²) in [6.07, 6.45) is 2.31. The molecule has 21 heavy (non-hydrogen) atoms. The van der Waals surface area contributed by atoms with Gasteiger partial charge in [0, 0.05) is 12.1 Å². The lowest BCUT2D eigenvalue weighted by Gasteiger charge is -2.13. The Morgan fingerprint density at radius 2 is 2.10 bits per heavy atom. The van der Waals surface area contributed by atoms with Crippen LogP contribution in [-0.2, 0) is 11.2 Å². The fourth-order valence-electron chi connectivity index (χ4n) is 1.80. The molecule has 0 fully saturated rings. The highest BCUT2D eigenvalue weighted by Gasteiger charge is 2.10. The van der Waals surface area contributed by atoms with Gasteiger partial charge in [0.25, 0.3) is 5.91 Å². The van der Waals surface area contributed by atoms with Crippen molar-refractivity contribution in [2.24, 2.45) is 5.73 Å². The van der Waals surface area contributed by atoms with Crippen LogP contribution in [0.2, 0.25) is 0 Å². The van der Waals surface area contributed by atoms with Crippen LogP contribution in [0, 0.1) is 5.82 Å². The molecular weight excluding hydrogens is 271 g/mol. The summed E-state index contributed by atoms with van der Waals surface area (Å²) in [4.78, 5) is 11.6. The average molecular weight is 296 g/mol. The van der Waals surface area contributed by atoms with Gasteiger partial charge in [-0.1, -0.05) is 19.9 Å². The normalized spacial score (nSPS) is 13.6. The number of carbonyl (C=O) groups is 1. The molecule has 3 N–H and O–H groups in total. The second-order valence-electron chi connectivity index (χ2n) is 5.30. The fraction of sp³-hybridized carbons (Fsp3) is 0.562. The second kappa shape index (κ2) is 8.62. The van der Waals surface area contributed by atoms with Gasteiger partial charge >= 0.3 is 0 Å². The number of nitrogens with one attached hydrogen (secondary N) is 1. The summed E-state index contributed by atoms with van der Waals surface area (Å²) in [6, 6.07) is 4.85. The molecule has 0 saturated heterocycles. The van der Waals surface area contributed by atoms with Crippen LogP contribution in [-0.4, -0.2) is 24.6 Å². The SMILES string of the molecule is CCC(N)Cc1ccc(OCC(=O)NC(C)CC)c(F)c1. The minimum Gasteiger partial charge on any atom is -0.481 e. The molecular formula is C16H25FN2O2. The molecule has 0 radical (unpaired) electrons. The Labute approximate surface area is 125 Å². The molecule has 0 aliphatic rings. The van der Waals surface area contributed by atoms with Crippen LogP contribution in [0.15, 0.2) is 18.2 Å². The van der Waals surface area contributed by atoms with Crippen LogP contribution in [0.3, 0.4) is 0 Å². The lowest BCUT2D eigenvalue weighted by atomic mass is 10.0. The first kappa shape index (κ1) is 17.4. The summed E-state index contributed by atoms with van der Waals surface area (Å²) in [7, 11) is 0. The average Bonchev–Trinajstić information content (AvgIpc) is 2.46. The Kier molecular flexibility index (Phi) is 7.15. The van der Waals surface area contributed by atoms with Gasteiger partial charge in [0.2, 0.25) is 0 Å². The van der Waals surface area contributed by atoms with Crippen molar-refractivity contribution < 1.29 is 13.9 Å². The van der Waals surface area contributed by atoms with Gasteiger partial charge < -0.3 is 15.8 Å². The Bertz CT molecular complexity index is 466. The van der Waals surface area contributed by atoms with Crippen molar-refractivity contribution in [1.29, 1.82) is 0 Å². The highest BCUT2D eigenvalue weighted by atomic mass is 19.1. The van der Waals surface area contributed by atoms with Crippen molar-refractivity contribution in [3.8, 4) is 5.75 Å². The molecule has 1 aromatic rings. The molecule has 0 heterocycles. The number of hydrogen-bond acceptors (Lipinski definition) is 3. The van der Waals surface area contributed by atoms with E-state index in [9.17, 15) is 9.18 Å². The summed E-state index contributed by atoms with van der Waals surface area (Å²) in [5, 5.41) is 2.76. The van der Waals surface area contributed by atoms with Crippen molar-refractivity contribution in [2.75, 3.05) is 6.61 Å². The number of hydrogen-bond donors (Lipinski definition) is 2. The number of rotatable bonds is 8. The maximum Gasteiger partial charge on any atom is 0.258 e. The minimum atomic E-state index is -0.466. The first-order chi connectivity index (χ1) is 9.96. The van der Waals surface area contributed by atoms with E-state index in [0.717, 1.165) is 18.4 Å². The van der Waals surface area contributed by atoms with E-state index in [-0.39, 0.29) is 30.3 Å². The summed E-state index contributed by atoms with van der Waals surface area (Å²) in [6.45, 7) is 5.69. The first-order valence-electron chi connectivity index (χ1n) is 7.42. The zero-order chi connectivity index (χ0) is 15.8. The zero-order valence-corrected chi connectivity index (χ0v) is 13.0. The third kappa shape index (κ3) is 6.12. The lowest BCUT2D eigenvalue weighted by molar-refractivity contribution is -0.123. The van der Waals surface area contributed by atoms with Crippen LogP contribution in [0.25, 0.3) is 0 Å². The summed E-state index contributed by atoms with van der Waals surface area (Å²) in [5.41, 5.74) is 6.68. The number of amides is 1. The smallest absolute Gasteiger partial charge is 0.258 e. The van der Waals surface area contributed by atoms with Crippen LogP contribution in [0.1, 0.15) is 39.2 Å². The van der Waals surface area contributed by atoms with E-state index in [4.69, 9.17) is 10.5 Å². The molecule has 118 valence electrons.